The van der Waals surface area contributed by atoms with Crippen molar-refractivity contribution in [3.8, 4) is 0 Å². The third-order valence-corrected chi connectivity index (χ3v) is 3.82. The van der Waals surface area contributed by atoms with Gasteiger partial charge in [0.15, 0.2) is 0 Å². The normalized spacial score (nSPS) is 26.9. The Morgan fingerprint density at radius 3 is 3.07 bits per heavy atom. The zero-order chi connectivity index (χ0) is 11.8. The van der Waals surface area contributed by atoms with Crippen molar-refractivity contribution in [3.05, 3.63) is 11.6 Å². The maximum atomic E-state index is 8.02. The topological polar surface area (TPSA) is 0 Å². The number of rotatable bonds is 7. The van der Waals surface area contributed by atoms with Crippen LogP contribution in [0.25, 0.3) is 0 Å². The first kappa shape index (κ1) is 11.6. The number of unbranched alkanes of at least 4 members (excludes halogenated alkanes) is 4. The van der Waals surface area contributed by atoms with E-state index in [1.165, 1.54) is 51.4 Å². The summed E-state index contributed by atoms with van der Waals surface area (Å²) in [6.45, 7) is 2.26. The van der Waals surface area contributed by atoms with Crippen LogP contribution in [0.15, 0.2) is 11.6 Å². The van der Waals surface area contributed by atoms with E-state index in [2.05, 4.69) is 19.3 Å². The molecule has 0 spiro atoms. The van der Waals surface area contributed by atoms with Gasteiger partial charge in [0.05, 0.1) is 0 Å². The molecule has 0 radical (unpaired) electrons. The quantitative estimate of drug-likeness (QED) is 0.433. The highest BCUT2D eigenvalue weighted by molar-refractivity contribution is 7.98. The Morgan fingerprint density at radius 1 is 1.47 bits per heavy atom. The van der Waals surface area contributed by atoms with Gasteiger partial charge in [-0.25, -0.2) is 0 Å². The molecule has 0 aromatic heterocycles. The van der Waals surface area contributed by atoms with Crippen LogP contribution in [0.2, 0.25) is 0 Å². The Balaban J connectivity index is 2.30. The van der Waals surface area contributed by atoms with Gasteiger partial charge in [0.2, 0.25) is 0 Å². The molecule has 0 nitrogen and oxygen atoms in total. The van der Waals surface area contributed by atoms with E-state index in [1.807, 2.05) is 0 Å². The van der Waals surface area contributed by atoms with Crippen LogP contribution in [0, 0.1) is 5.92 Å². The number of thioether (sulfide) groups is 1. The second-order valence-electron chi connectivity index (χ2n) is 4.50. The lowest BCUT2D eigenvalue weighted by molar-refractivity contribution is 0.666. The van der Waals surface area contributed by atoms with Gasteiger partial charge in [0, 0.05) is 1.37 Å². The van der Waals surface area contributed by atoms with Crippen molar-refractivity contribution in [1.29, 1.82) is 0 Å². The molecule has 0 bridgehead atoms. The third-order valence-electron chi connectivity index (χ3n) is 3.22. The Morgan fingerprint density at radius 2 is 2.33 bits per heavy atom. The highest BCUT2D eigenvalue weighted by Crippen LogP contribution is 2.33. The zero-order valence-corrected chi connectivity index (χ0v) is 11.1. The van der Waals surface area contributed by atoms with Crippen LogP contribution in [-0.2, 0) is 0 Å². The molecule has 1 fully saturated rings. The molecule has 1 rings (SSSR count). The molecule has 1 aliphatic rings. The molecular formula is C14H26S. The van der Waals surface area contributed by atoms with Crippen LogP contribution in [-0.4, -0.2) is 12.0 Å². The van der Waals surface area contributed by atoms with E-state index in [0.29, 0.717) is 5.92 Å². The van der Waals surface area contributed by atoms with Crippen molar-refractivity contribution in [1.82, 2.24) is 0 Å². The molecule has 0 aromatic carbocycles. The van der Waals surface area contributed by atoms with E-state index < -0.39 is 0 Å². The molecule has 88 valence electrons. The first-order valence-electron chi connectivity index (χ1n) is 7.01. The molecule has 1 saturated carbocycles. The fourth-order valence-corrected chi connectivity index (χ4v) is 2.97. The van der Waals surface area contributed by atoms with Gasteiger partial charge in [-0.05, 0) is 50.0 Å². The lowest BCUT2D eigenvalue weighted by Gasteiger charge is -2.09. The van der Waals surface area contributed by atoms with Gasteiger partial charge in [-0.3, -0.25) is 0 Å². The van der Waals surface area contributed by atoms with Gasteiger partial charge in [-0.2, -0.15) is 11.8 Å². The summed E-state index contributed by atoms with van der Waals surface area (Å²) in [5, 5.41) is 0. The van der Waals surface area contributed by atoms with Gasteiger partial charge >= 0.3 is 0 Å². The summed E-state index contributed by atoms with van der Waals surface area (Å²) in [5.41, 5.74) is 1.66. The Kier molecular flexibility index (Phi) is 6.38. The van der Waals surface area contributed by atoms with Crippen LogP contribution in [0.1, 0.15) is 59.7 Å². The minimum Gasteiger partial charge on any atom is -0.165 e. The second kappa shape index (κ2) is 8.27. The fraction of sp³-hybridized carbons (Fsp3) is 0.857. The highest BCUT2D eigenvalue weighted by Gasteiger charge is 2.19. The molecule has 0 N–H and O–H groups in total. The van der Waals surface area contributed by atoms with E-state index >= 15 is 0 Å². The van der Waals surface area contributed by atoms with Gasteiger partial charge in [-0.15, -0.1) is 0 Å². The van der Waals surface area contributed by atoms with Crippen LogP contribution in [0.4, 0.5) is 0 Å². The van der Waals surface area contributed by atoms with E-state index in [0.717, 1.165) is 0 Å². The molecular weight excluding hydrogens is 200 g/mol. The summed E-state index contributed by atoms with van der Waals surface area (Å²) < 4.78 is 8.02. The van der Waals surface area contributed by atoms with Crippen molar-refractivity contribution in [3.63, 3.8) is 0 Å². The van der Waals surface area contributed by atoms with Gasteiger partial charge in [0.25, 0.3) is 0 Å². The SMILES string of the molecule is [2H][C@H](SC)C1CCC/C1=C\CCCCCC. The standard InChI is InChI=1S/C14H26S/c1-3-4-5-6-7-9-13-10-8-11-14(13)12-15-2/h9,14H,3-8,10-12H2,1-2H3/b13-9+/i12D/t12-,14?/m0/s1. The fourth-order valence-electron chi connectivity index (χ4n) is 2.33. The Labute approximate surface area is 101 Å². The molecule has 0 amide bonds. The molecule has 1 aliphatic carbocycles. The molecule has 1 unspecified atom stereocenters. The summed E-state index contributed by atoms with van der Waals surface area (Å²) in [4.78, 5) is 0. The minimum atomic E-state index is 0.0735. The van der Waals surface area contributed by atoms with E-state index in [1.54, 1.807) is 17.3 Å². The smallest absolute Gasteiger partial charge is 0.0386 e. The summed E-state index contributed by atoms with van der Waals surface area (Å²) in [5.74, 6) is 0.557. The molecule has 0 aromatic rings. The molecule has 15 heavy (non-hydrogen) atoms. The van der Waals surface area contributed by atoms with Crippen LogP contribution >= 0.6 is 11.8 Å². The minimum absolute atomic E-state index is 0.0735. The highest BCUT2D eigenvalue weighted by atomic mass is 32.2. The predicted molar refractivity (Wildman–Crippen MR) is 72.6 cm³/mol. The number of allylic oxidation sites excluding steroid dienone is 2. The summed E-state index contributed by atoms with van der Waals surface area (Å²) >= 11 is 1.70. The lowest BCUT2D eigenvalue weighted by atomic mass is 10.0. The van der Waals surface area contributed by atoms with Crippen molar-refractivity contribution < 1.29 is 1.37 Å². The van der Waals surface area contributed by atoms with Crippen molar-refractivity contribution in [2.24, 2.45) is 5.92 Å². The zero-order valence-electron chi connectivity index (χ0n) is 11.3. The molecule has 0 heterocycles. The van der Waals surface area contributed by atoms with Gasteiger partial charge in [-0.1, -0.05) is 37.8 Å². The largest absolute Gasteiger partial charge is 0.165 e. The lowest BCUT2D eigenvalue weighted by Crippen LogP contribution is -1.99. The monoisotopic (exact) mass is 227 g/mol. The number of hydrogen-bond donors (Lipinski definition) is 0. The van der Waals surface area contributed by atoms with E-state index in [9.17, 15) is 0 Å². The Hall–Kier alpha value is 0.0900. The first-order chi connectivity index (χ1) is 7.79. The third kappa shape index (κ3) is 5.10. The van der Waals surface area contributed by atoms with Crippen LogP contribution in [0.3, 0.4) is 0 Å². The average molecular weight is 227 g/mol. The maximum absolute atomic E-state index is 8.02. The van der Waals surface area contributed by atoms with Gasteiger partial charge in [0.1, 0.15) is 0 Å². The average Bonchev–Trinajstić information content (AvgIpc) is 2.76. The van der Waals surface area contributed by atoms with Crippen LogP contribution in [0.5, 0.6) is 0 Å². The molecule has 1 heteroatoms. The van der Waals surface area contributed by atoms with E-state index in [4.69, 9.17) is 1.37 Å². The molecule has 0 aliphatic heterocycles. The van der Waals surface area contributed by atoms with Crippen LogP contribution < -0.4 is 0 Å². The Bertz CT molecular complexity index is 213. The van der Waals surface area contributed by atoms with Gasteiger partial charge < -0.3 is 0 Å². The van der Waals surface area contributed by atoms with Crippen molar-refractivity contribution >= 4 is 11.8 Å². The summed E-state index contributed by atoms with van der Waals surface area (Å²) in [6, 6.07) is 0. The maximum Gasteiger partial charge on any atom is 0.0386 e. The van der Waals surface area contributed by atoms with Crippen molar-refractivity contribution in [2.45, 2.75) is 58.3 Å². The van der Waals surface area contributed by atoms with E-state index in [-0.39, 0.29) is 5.73 Å². The number of hydrogen-bond acceptors (Lipinski definition) is 1. The second-order valence-corrected chi connectivity index (χ2v) is 5.24. The van der Waals surface area contributed by atoms with Crippen molar-refractivity contribution in [2.75, 3.05) is 12.0 Å². The first-order valence-corrected chi connectivity index (χ1v) is 7.72. The molecule has 2 atom stereocenters. The summed E-state index contributed by atoms with van der Waals surface area (Å²) in [7, 11) is 0. The summed E-state index contributed by atoms with van der Waals surface area (Å²) in [6.07, 6.45) is 15.0. The predicted octanol–water partition coefficient (Wildman–Crippen LogP) is 5.05. The molecule has 0 saturated heterocycles.